The fourth-order valence-corrected chi connectivity index (χ4v) is 11.7. The molecule has 6 aromatic heterocycles. The minimum absolute atomic E-state index is 0. The Hall–Kier alpha value is -6.38. The number of carbonyl (C=O) groups is 3. The zero-order chi connectivity index (χ0) is 67.0. The Morgan fingerprint density at radius 3 is 1.44 bits per heavy atom. The quantitative estimate of drug-likeness (QED) is 0.0722. The molecule has 3 atom stereocenters. The van der Waals surface area contributed by atoms with Gasteiger partial charge in [-0.3, -0.25) is 24.7 Å². The smallest absolute Gasteiger partial charge is 0.826 e. The molecule has 0 spiro atoms. The first-order chi connectivity index (χ1) is 45.9. The number of aromatic nitrogens is 5. The van der Waals surface area contributed by atoms with Gasteiger partial charge in [0.1, 0.15) is 22.7 Å². The van der Waals surface area contributed by atoms with Gasteiger partial charge >= 0.3 is 19.5 Å². The van der Waals surface area contributed by atoms with Crippen molar-refractivity contribution in [3.8, 4) is 44.5 Å². The van der Waals surface area contributed by atoms with Crippen LogP contribution in [0.2, 0.25) is 0 Å². The monoisotopic (exact) mass is 1510 g/mol. The number of carbonyl (C=O) groups excluding carboxylic acids is 3. The molecule has 10 aromatic rings. The maximum Gasteiger partial charge on any atom is 2.00 e. The predicted octanol–water partition coefficient (Wildman–Crippen LogP) is 13.9. The number of hydrogen-bond donors (Lipinski definition) is 4. The molecule has 4 N–H and O–H groups in total. The largest absolute Gasteiger partial charge is 2.00 e. The van der Waals surface area contributed by atoms with Crippen LogP contribution >= 0.6 is 104 Å². The molecule has 1 fully saturated rings. The number of nitrogens with zero attached hydrogens (tertiary/aromatic N) is 8. The van der Waals surface area contributed by atoms with Crippen molar-refractivity contribution in [2.24, 2.45) is 0 Å². The first kappa shape index (κ1) is 73.9. The first-order valence-corrected chi connectivity index (χ1v) is 34.3. The van der Waals surface area contributed by atoms with Crippen molar-refractivity contribution in [3.05, 3.63) is 176 Å². The van der Waals surface area contributed by atoms with Crippen molar-refractivity contribution < 1.29 is 44.0 Å². The molecule has 96 heavy (non-hydrogen) atoms. The summed E-state index contributed by atoms with van der Waals surface area (Å²) in [4.78, 5) is 79.3. The van der Waals surface area contributed by atoms with Gasteiger partial charge in [0.15, 0.2) is 12.9 Å². The summed E-state index contributed by atoms with van der Waals surface area (Å²) in [5.41, 5.74) is 13.5. The van der Waals surface area contributed by atoms with Crippen LogP contribution in [0.4, 0.5) is 22.7 Å². The molecule has 1 saturated heterocycles. The fourth-order valence-electron chi connectivity index (χ4n) is 11.7. The van der Waals surface area contributed by atoms with E-state index in [2.05, 4.69) is 40.6 Å². The molecule has 3 unspecified atom stereocenters. The second-order valence-electron chi connectivity index (χ2n) is 22.1. The van der Waals surface area contributed by atoms with Gasteiger partial charge in [-0.15, -0.1) is 22.1 Å². The van der Waals surface area contributed by atoms with E-state index in [1.807, 2.05) is 158 Å². The predicted molar refractivity (Wildman–Crippen MR) is 389 cm³/mol. The van der Waals surface area contributed by atoms with Crippen LogP contribution in [0.1, 0.15) is 31.2 Å². The molecule has 26 heteroatoms. The SMILES string of the molecule is ClC(Cl)Cl.ClC(Cl)Cl.ClC(Cl)Cl.O=C1CCN2CCN3CCC(=O)Nc4ccccc4-c4c5ccc([n-]5)c(c5ccc([n-]5)[c+](-c5ccccc5NC(=O)CCc5cccnc5)c5ccc([n-]5)[c+](c5ccc4[n-]5)-c4ccccc4[NH+]=C([O-])CCN(CC2)CC3)-c2ccccc2N1.[Zn+2]. The molecule has 492 valence electrons. The molecule has 3 aliphatic rings. The summed E-state index contributed by atoms with van der Waals surface area (Å²) in [5.74, 6) is -0.591. The van der Waals surface area contributed by atoms with Gasteiger partial charge in [0.2, 0.25) is 17.7 Å². The minimum atomic E-state index is -0.750. The fraction of sp³-hybridized carbons (Fsp3) is 0.243. The van der Waals surface area contributed by atoms with E-state index in [1.165, 1.54) is 0 Å². The molecule has 16 nitrogen and oxygen atoms in total. The van der Waals surface area contributed by atoms with Crippen LogP contribution in [-0.4, -0.2) is 115 Å². The summed E-state index contributed by atoms with van der Waals surface area (Å²) >= 11 is 43.3. The van der Waals surface area contributed by atoms with E-state index >= 15 is 0 Å². The van der Waals surface area contributed by atoms with Crippen molar-refractivity contribution in [2.75, 3.05) is 74.9 Å². The first-order valence-electron chi connectivity index (χ1n) is 30.4. The number of halogens is 9. The van der Waals surface area contributed by atoms with Gasteiger partial charge < -0.3 is 50.4 Å². The minimum Gasteiger partial charge on any atom is -0.826 e. The van der Waals surface area contributed by atoms with E-state index in [9.17, 15) is 19.5 Å². The molecule has 14 bridgehead atoms. The number of aryl methyl sites for hydroxylation is 1. The van der Waals surface area contributed by atoms with Gasteiger partial charge in [-0.05, 0) is 107 Å². The summed E-state index contributed by atoms with van der Waals surface area (Å²) in [6.07, 6.45) is 4.92. The van der Waals surface area contributed by atoms with E-state index in [0.29, 0.717) is 171 Å². The maximum atomic E-state index is 14.4. The van der Waals surface area contributed by atoms with Crippen LogP contribution < -0.4 is 46.0 Å². The Kier molecular flexibility index (Phi) is 27.6. The molecule has 13 rings (SSSR count). The third-order valence-electron chi connectivity index (χ3n) is 16.0. The Morgan fingerprint density at radius 2 is 0.927 bits per heavy atom. The van der Waals surface area contributed by atoms with Crippen molar-refractivity contribution in [3.63, 3.8) is 0 Å². The summed E-state index contributed by atoms with van der Waals surface area (Å²) in [6, 6.07) is 50.6. The van der Waals surface area contributed by atoms with E-state index < -0.39 is 12.9 Å². The number of hydrogen-bond acceptors (Lipinski definition) is 8. The van der Waals surface area contributed by atoms with E-state index in [1.54, 1.807) is 12.4 Å². The van der Waals surface area contributed by atoms with Crippen molar-refractivity contribution in [1.82, 2.24) is 39.6 Å². The number of nitrogens with one attached hydrogen (secondary N) is 4. The summed E-state index contributed by atoms with van der Waals surface area (Å²) in [6.45, 7) is 5.69. The number of amides is 3. The summed E-state index contributed by atoms with van der Waals surface area (Å²) in [7, 11) is 0. The average molecular weight is 1520 g/mol. The normalized spacial score (nSPS) is 16.4. The van der Waals surface area contributed by atoms with Gasteiger partial charge in [-0.1, -0.05) is 170 Å². The molecule has 0 radical (unpaired) electrons. The summed E-state index contributed by atoms with van der Waals surface area (Å²) in [5, 5.41) is 24.3. The average Bonchev–Trinajstić information content (AvgIpc) is 1.36. The Morgan fingerprint density at radius 1 is 0.510 bits per heavy atom. The van der Waals surface area contributed by atoms with Crippen LogP contribution in [0.25, 0.3) is 88.6 Å². The van der Waals surface area contributed by atoms with E-state index in [-0.39, 0.29) is 68.8 Å². The van der Waals surface area contributed by atoms with Crippen LogP contribution in [0.15, 0.2) is 170 Å². The zero-order valence-corrected chi connectivity index (χ0v) is 61.4. The van der Waals surface area contributed by atoms with Gasteiger partial charge in [-0.25, -0.2) is 0 Å². The molecular weight excluding hydrogens is 1460 g/mol. The molecular formula is C70H63Cl9N12O4Zn. The van der Waals surface area contributed by atoms with Gasteiger partial charge in [0.25, 0.3) is 5.69 Å². The molecule has 0 saturated carbocycles. The van der Waals surface area contributed by atoms with E-state index in [0.717, 1.165) is 11.1 Å². The van der Waals surface area contributed by atoms with Crippen molar-refractivity contribution in [1.29, 1.82) is 0 Å². The van der Waals surface area contributed by atoms with Gasteiger partial charge in [-0.2, -0.15) is 4.99 Å². The van der Waals surface area contributed by atoms with Crippen molar-refractivity contribution >= 4 is 195 Å². The van der Waals surface area contributed by atoms with Crippen LogP contribution in [0.5, 0.6) is 0 Å². The second kappa shape index (κ2) is 35.9. The van der Waals surface area contributed by atoms with Gasteiger partial charge in [0.05, 0.1) is 0 Å². The van der Waals surface area contributed by atoms with E-state index in [4.69, 9.17) is 124 Å². The van der Waals surface area contributed by atoms with Crippen LogP contribution in [0, 0.1) is 0 Å². The number of benzene rings is 4. The molecule has 4 aromatic carbocycles. The van der Waals surface area contributed by atoms with Gasteiger partial charge in [0, 0.05) is 161 Å². The molecule has 3 amide bonds. The Labute approximate surface area is 613 Å². The Bertz CT molecular complexity index is 4420. The van der Waals surface area contributed by atoms with Crippen LogP contribution in [0.3, 0.4) is 0 Å². The number of para-hydroxylation sites is 4. The third kappa shape index (κ3) is 20.2. The number of rotatable bonds is 5. The maximum absolute atomic E-state index is 14.4. The van der Waals surface area contributed by atoms with Crippen molar-refractivity contribution in [2.45, 2.75) is 45.0 Å². The number of alkyl halides is 9. The standard InChI is InChI=1S/C67H60N12O4.3CHCl3.Zn/c80-60(28-19-43-10-9-32-68-42-43)73-48-15-5-1-11-44(48)64-52-20-22-54(69-52)65-45-12-2-6-16-49(45)74-61(81)29-33-77-36-37-78-34-30-62(82)75-50-17-7-3-13-46(50)66(55-23-21-53(64)70-55)57-25-27-59(72-57)67(58-26-24-56(65)71-58)47-14-4-8-18-51(47)76-63(83)31-35-79(40-38-77)41-39-78;3*2-1(3)4;/h1-18,20-27,32,42H,19,28-31,33-41H2,(H,73,80)(H,74,81)(H,75,82)(H,76,83);3*1H;/q-2;;;;+2. The summed E-state index contributed by atoms with van der Waals surface area (Å²) < 4.78 is -2.25. The third-order valence-corrected chi connectivity index (χ3v) is 16.0. The molecule has 9 heterocycles. The zero-order valence-electron chi connectivity index (χ0n) is 51.6. The number of fused-ring (bicyclic) bond motifs is 17. The second-order valence-corrected chi connectivity index (χ2v) is 28.1. The molecule has 0 aliphatic carbocycles. The Balaban J connectivity index is 0.000000770. The number of anilines is 3. The topological polar surface area (TPSA) is 203 Å². The van der Waals surface area contributed by atoms with Crippen LogP contribution in [-0.2, 0) is 40.3 Å². The number of pyridine rings is 1. The molecule has 3 aliphatic heterocycles.